The highest BCUT2D eigenvalue weighted by Crippen LogP contribution is 2.14. The molecular weight excluding hydrogens is 273 g/mol. The molecule has 0 aliphatic carbocycles. The number of ether oxygens (including phenoxy) is 1. The first-order valence-electron chi connectivity index (χ1n) is 7.15. The minimum Gasteiger partial charge on any atom is -0.379 e. The van der Waals surface area contributed by atoms with Crippen LogP contribution in [0.25, 0.3) is 11.4 Å². The van der Waals surface area contributed by atoms with Gasteiger partial charge in [0, 0.05) is 25.2 Å². The molecule has 1 aromatic heterocycles. The minimum absolute atomic E-state index is 0.295. The van der Waals surface area contributed by atoms with Crippen molar-refractivity contribution < 1.29 is 9.13 Å². The summed E-state index contributed by atoms with van der Waals surface area (Å²) in [6.45, 7) is 5.30. The van der Waals surface area contributed by atoms with Gasteiger partial charge in [0.25, 0.3) is 0 Å². The Morgan fingerprint density at radius 2 is 2.05 bits per heavy atom. The Labute approximate surface area is 122 Å². The Bertz CT molecular complexity index is 582. The largest absolute Gasteiger partial charge is 0.379 e. The van der Waals surface area contributed by atoms with E-state index in [-0.39, 0.29) is 5.82 Å². The van der Waals surface area contributed by atoms with E-state index in [0.29, 0.717) is 17.9 Å². The molecular formula is C14H18FN5O. The molecule has 6 nitrogen and oxygen atoms in total. The summed E-state index contributed by atoms with van der Waals surface area (Å²) in [7, 11) is 0. The maximum atomic E-state index is 13.2. The van der Waals surface area contributed by atoms with E-state index in [1.807, 2.05) is 0 Å². The Morgan fingerprint density at radius 3 is 2.86 bits per heavy atom. The predicted molar refractivity (Wildman–Crippen MR) is 75.1 cm³/mol. The highest BCUT2D eigenvalue weighted by Gasteiger charge is 2.10. The van der Waals surface area contributed by atoms with Crippen molar-refractivity contribution in [1.82, 2.24) is 25.1 Å². The zero-order valence-electron chi connectivity index (χ0n) is 11.8. The standard InChI is InChI=1S/C14H18FN5O/c15-13-4-1-3-12(11-13)14-16-18-20(17-14)6-2-5-19-7-9-21-10-8-19/h1,3-4,11H,2,5-10H2. The fourth-order valence-electron chi connectivity index (χ4n) is 2.34. The summed E-state index contributed by atoms with van der Waals surface area (Å²) in [5.41, 5.74) is 0.648. The molecule has 0 unspecified atom stereocenters. The van der Waals surface area contributed by atoms with Gasteiger partial charge in [-0.2, -0.15) is 4.80 Å². The number of halogens is 1. The van der Waals surface area contributed by atoms with E-state index in [9.17, 15) is 4.39 Å². The number of benzene rings is 1. The first kappa shape index (κ1) is 14.1. The van der Waals surface area contributed by atoms with Crippen LogP contribution in [0.2, 0.25) is 0 Å². The molecule has 0 spiro atoms. The number of tetrazole rings is 1. The molecule has 0 radical (unpaired) electrons. The number of rotatable bonds is 5. The number of hydrogen-bond donors (Lipinski definition) is 0. The van der Waals surface area contributed by atoms with Gasteiger partial charge in [-0.25, -0.2) is 4.39 Å². The van der Waals surface area contributed by atoms with Gasteiger partial charge < -0.3 is 4.74 Å². The monoisotopic (exact) mass is 291 g/mol. The van der Waals surface area contributed by atoms with Crippen LogP contribution < -0.4 is 0 Å². The summed E-state index contributed by atoms with van der Waals surface area (Å²) in [5, 5.41) is 12.3. The zero-order chi connectivity index (χ0) is 14.5. The number of aryl methyl sites for hydroxylation is 1. The summed E-state index contributed by atoms with van der Waals surface area (Å²) in [5.74, 6) is 0.164. The van der Waals surface area contributed by atoms with Gasteiger partial charge in [-0.05, 0) is 23.8 Å². The quantitative estimate of drug-likeness (QED) is 0.828. The average molecular weight is 291 g/mol. The fourth-order valence-corrected chi connectivity index (χ4v) is 2.34. The van der Waals surface area contributed by atoms with Crippen LogP contribution in [-0.2, 0) is 11.3 Å². The van der Waals surface area contributed by atoms with Crippen molar-refractivity contribution in [3.8, 4) is 11.4 Å². The normalized spacial score (nSPS) is 16.2. The smallest absolute Gasteiger partial charge is 0.205 e. The number of hydrogen-bond acceptors (Lipinski definition) is 5. The van der Waals surface area contributed by atoms with E-state index in [1.54, 1.807) is 16.9 Å². The molecule has 2 heterocycles. The van der Waals surface area contributed by atoms with Crippen molar-refractivity contribution >= 4 is 0 Å². The van der Waals surface area contributed by atoms with Gasteiger partial charge in [0.05, 0.1) is 19.8 Å². The topological polar surface area (TPSA) is 56.1 Å². The fraction of sp³-hybridized carbons (Fsp3) is 0.500. The molecule has 1 aromatic carbocycles. The van der Waals surface area contributed by atoms with Crippen molar-refractivity contribution in [2.24, 2.45) is 0 Å². The molecule has 0 bridgehead atoms. The van der Waals surface area contributed by atoms with Crippen molar-refractivity contribution in [1.29, 1.82) is 0 Å². The van der Waals surface area contributed by atoms with Crippen molar-refractivity contribution in [3.05, 3.63) is 30.1 Å². The van der Waals surface area contributed by atoms with E-state index in [1.165, 1.54) is 12.1 Å². The van der Waals surface area contributed by atoms with Crippen LogP contribution in [0.5, 0.6) is 0 Å². The lowest BCUT2D eigenvalue weighted by Gasteiger charge is -2.26. The Morgan fingerprint density at radius 1 is 1.19 bits per heavy atom. The number of morpholine rings is 1. The van der Waals surface area contributed by atoms with Gasteiger partial charge in [-0.15, -0.1) is 10.2 Å². The van der Waals surface area contributed by atoms with E-state index in [4.69, 9.17) is 4.74 Å². The molecule has 0 N–H and O–H groups in total. The van der Waals surface area contributed by atoms with Crippen LogP contribution in [0.15, 0.2) is 24.3 Å². The van der Waals surface area contributed by atoms with Crippen LogP contribution >= 0.6 is 0 Å². The van der Waals surface area contributed by atoms with Gasteiger partial charge in [0.1, 0.15) is 5.82 Å². The lowest BCUT2D eigenvalue weighted by Crippen LogP contribution is -2.37. The van der Waals surface area contributed by atoms with Gasteiger partial charge in [-0.1, -0.05) is 12.1 Å². The van der Waals surface area contributed by atoms with E-state index >= 15 is 0 Å². The first-order valence-corrected chi connectivity index (χ1v) is 7.15. The van der Waals surface area contributed by atoms with Gasteiger partial charge in [0.2, 0.25) is 5.82 Å². The third kappa shape index (κ3) is 3.83. The maximum absolute atomic E-state index is 13.2. The average Bonchev–Trinajstić information content (AvgIpc) is 2.97. The van der Waals surface area contributed by atoms with Crippen LogP contribution in [0.4, 0.5) is 4.39 Å². The molecule has 1 saturated heterocycles. The highest BCUT2D eigenvalue weighted by atomic mass is 19.1. The Hall–Kier alpha value is -1.86. The van der Waals surface area contributed by atoms with Crippen LogP contribution in [0, 0.1) is 5.82 Å². The van der Waals surface area contributed by atoms with E-state index in [2.05, 4.69) is 20.3 Å². The minimum atomic E-state index is -0.295. The summed E-state index contributed by atoms with van der Waals surface area (Å²) >= 11 is 0. The summed E-state index contributed by atoms with van der Waals surface area (Å²) in [6, 6.07) is 6.23. The lowest BCUT2D eigenvalue weighted by atomic mass is 10.2. The molecule has 0 saturated carbocycles. The van der Waals surface area contributed by atoms with E-state index in [0.717, 1.165) is 39.3 Å². The van der Waals surface area contributed by atoms with Crippen molar-refractivity contribution in [2.45, 2.75) is 13.0 Å². The maximum Gasteiger partial charge on any atom is 0.205 e. The molecule has 1 aliphatic rings. The highest BCUT2D eigenvalue weighted by molar-refractivity contribution is 5.53. The number of aromatic nitrogens is 4. The Balaban J connectivity index is 1.53. The molecule has 0 atom stereocenters. The van der Waals surface area contributed by atoms with Gasteiger partial charge in [0.15, 0.2) is 0 Å². The molecule has 2 aromatic rings. The third-order valence-electron chi connectivity index (χ3n) is 3.47. The summed E-state index contributed by atoms with van der Waals surface area (Å²) in [6.07, 6.45) is 0.957. The summed E-state index contributed by atoms with van der Waals surface area (Å²) in [4.78, 5) is 3.94. The molecule has 0 amide bonds. The second-order valence-corrected chi connectivity index (χ2v) is 5.03. The van der Waals surface area contributed by atoms with E-state index < -0.39 is 0 Å². The Kier molecular flexibility index (Phi) is 4.52. The summed E-state index contributed by atoms with van der Waals surface area (Å²) < 4.78 is 18.5. The molecule has 21 heavy (non-hydrogen) atoms. The molecule has 112 valence electrons. The van der Waals surface area contributed by atoms with Crippen LogP contribution in [0.3, 0.4) is 0 Å². The second-order valence-electron chi connectivity index (χ2n) is 5.03. The molecule has 1 aliphatic heterocycles. The second kappa shape index (κ2) is 6.73. The SMILES string of the molecule is Fc1cccc(-c2nnn(CCCN3CCOCC3)n2)c1. The van der Waals surface area contributed by atoms with Crippen molar-refractivity contribution in [2.75, 3.05) is 32.8 Å². The lowest BCUT2D eigenvalue weighted by molar-refractivity contribution is 0.0367. The first-order chi connectivity index (χ1) is 10.3. The van der Waals surface area contributed by atoms with Gasteiger partial charge >= 0.3 is 0 Å². The number of nitrogens with zero attached hydrogens (tertiary/aromatic N) is 5. The third-order valence-corrected chi connectivity index (χ3v) is 3.47. The molecule has 3 rings (SSSR count). The predicted octanol–water partition coefficient (Wildman–Crippen LogP) is 1.20. The van der Waals surface area contributed by atoms with Crippen molar-refractivity contribution in [3.63, 3.8) is 0 Å². The van der Waals surface area contributed by atoms with Crippen LogP contribution in [-0.4, -0.2) is 58.0 Å². The molecule has 7 heteroatoms. The van der Waals surface area contributed by atoms with Gasteiger partial charge in [-0.3, -0.25) is 4.90 Å². The van der Waals surface area contributed by atoms with Crippen LogP contribution in [0.1, 0.15) is 6.42 Å². The molecule has 1 fully saturated rings. The zero-order valence-corrected chi connectivity index (χ0v) is 11.8.